The van der Waals surface area contributed by atoms with E-state index in [9.17, 15) is 56.2 Å². The summed E-state index contributed by atoms with van der Waals surface area (Å²) in [5, 5.41) is 13.5. The van der Waals surface area contributed by atoms with Gasteiger partial charge in [0.15, 0.2) is 22.1 Å². The zero-order chi connectivity index (χ0) is 74.1. The zero-order valence-electron chi connectivity index (χ0n) is 51.5. The summed E-state index contributed by atoms with van der Waals surface area (Å²) in [6.45, 7) is 8.04. The molecule has 0 aromatic carbocycles. The number of rotatable bonds is 24. The minimum atomic E-state index is -4.45. The molecular weight excluding hydrogens is 1400 g/mol. The van der Waals surface area contributed by atoms with Crippen LogP contribution in [-0.2, 0) is 94.7 Å². The Bertz CT molecular complexity index is 3310. The average molecular weight is 1470 g/mol. The van der Waals surface area contributed by atoms with Crippen molar-refractivity contribution >= 4 is 112 Å². The number of ketones is 6. The Morgan fingerprint density at radius 2 is 0.729 bits per heavy atom. The van der Waals surface area contributed by atoms with Crippen LogP contribution in [0.2, 0.25) is 0 Å². The number of nitrogens with zero attached hydrogens (tertiary/aromatic N) is 11. The second-order valence-electron chi connectivity index (χ2n) is 20.2. The molecule has 0 unspecified atom stereocenters. The summed E-state index contributed by atoms with van der Waals surface area (Å²) in [6, 6.07) is 1.76. The smallest absolute Gasteiger partial charge is 0.321 e. The van der Waals surface area contributed by atoms with Gasteiger partial charge in [-0.2, -0.15) is 15.3 Å². The van der Waals surface area contributed by atoms with Crippen LogP contribution in [0.1, 0.15) is 75.8 Å². The first-order valence-electron chi connectivity index (χ1n) is 26.8. The minimum absolute atomic E-state index is 0.00380. The van der Waals surface area contributed by atoms with E-state index in [1.165, 1.54) is 90.6 Å². The molecule has 0 aliphatic carbocycles. The molecule has 0 radical (unpaired) electrons. The van der Waals surface area contributed by atoms with Crippen LogP contribution < -0.4 is 66.6 Å². The zero-order valence-corrected chi connectivity index (χ0v) is 56.9. The van der Waals surface area contributed by atoms with Gasteiger partial charge >= 0.3 is 45.6 Å². The lowest BCUT2D eigenvalue weighted by atomic mass is 10.1. The van der Waals surface area contributed by atoms with Gasteiger partial charge in [0, 0.05) is 68.8 Å². The molecule has 0 bridgehead atoms. The van der Waals surface area contributed by atoms with E-state index >= 15 is 0 Å². The highest BCUT2D eigenvalue weighted by Crippen LogP contribution is 2.35. The molecule has 0 amide bonds. The van der Waals surface area contributed by atoms with Crippen molar-refractivity contribution in [2.45, 2.75) is 116 Å². The maximum atomic E-state index is 11.0. The SMILES string of the molecule is CC(=O)[C@@H](N)Cc1cc(P(=O)(O)O)ccn1.CC(=O)[C@@H](N)Cc1cc(P(=O)(O)O)cnn1.CC(=O)[C@@H](N)Cc1cncc(P(=O)(O)O)c1.CC(=O)[C@@H](N)Cc1cncc(P(=O)(O)O)n1.CC(=O)[C@@H](N)Cc1nccc(P(=O)(O)O)n1.CC(=O)[C@@H](N)Cc1nncc(P(=O)(O)O)n1. The van der Waals surface area contributed by atoms with Crippen LogP contribution in [0.4, 0.5) is 0 Å². The van der Waals surface area contributed by atoms with Crippen LogP contribution in [0.25, 0.3) is 0 Å². The fourth-order valence-corrected chi connectivity index (χ4v) is 9.27. The summed E-state index contributed by atoms with van der Waals surface area (Å²) < 4.78 is 65.5. The van der Waals surface area contributed by atoms with Gasteiger partial charge in [0.05, 0.1) is 82.1 Å². The van der Waals surface area contributed by atoms with Gasteiger partial charge in [-0.3, -0.25) is 71.1 Å². The third kappa shape index (κ3) is 34.4. The van der Waals surface area contributed by atoms with E-state index in [1.807, 2.05) is 0 Å². The van der Waals surface area contributed by atoms with Crippen molar-refractivity contribution in [1.29, 1.82) is 0 Å². The Labute approximate surface area is 545 Å². The molecule has 6 atom stereocenters. The number of hydrogen-bond acceptors (Lipinski definition) is 29. The standard InChI is InChI=1S/2C9H13N2O4P.3C8H12N3O4P.C7H11N4O4P/c1-6(12)9(10)3-7-2-8(5-11-4-7)16(13,14)15;1-6(12)9(10)5-7-4-8(2-3-11-7)16(13,14)15;1-5(12)7(9)2-6-3-10-4-8(11-6)16(13,14)15;1-5(12)8(9)3-6-2-7(4-10-11-6)16(13,14)15;1-5(12)6(9)4-7-10-3-2-8(11-7)16(13,14)15;1-4(12)5(8)2-6-10-7(3-9-11-6)16(13,14)15/h2,4-5,9H,3,10H2,1H3,(H2,13,14,15);2-4,9H,5,10H2,1H3,(H2,13,14,15);3-4,7H,2,9H2,1H3,(H2,13,14,15);2,4,8H,3,9H2,1H3,(H2,13,14,15);2-3,6H,4,9H2,1H3,(H2,13,14,15);3,5H,2,8H2,1H3,(H2,13,14,15)/t2*9-;7-;8-;6-;5-/m000000/s1. The van der Waals surface area contributed by atoms with Crippen molar-refractivity contribution < 1.29 is 115 Å². The largest absolute Gasteiger partial charge is 0.376 e. The Morgan fingerprint density at radius 3 is 1.20 bits per heavy atom. The number of Topliss-reactive ketones (excluding diaryl/α,β-unsaturated/α-hetero) is 6. The fraction of sp³-hybridized carbons (Fsp3) is 0.367. The first kappa shape index (κ1) is 87.2. The normalized spacial score (nSPS) is 13.5. The van der Waals surface area contributed by atoms with Gasteiger partial charge in [-0.25, -0.2) is 19.9 Å². The molecule has 47 heteroatoms. The Morgan fingerprint density at radius 1 is 0.354 bits per heavy atom. The van der Waals surface area contributed by atoms with E-state index in [0.717, 1.165) is 30.9 Å². The predicted molar refractivity (Wildman–Crippen MR) is 339 cm³/mol. The van der Waals surface area contributed by atoms with Gasteiger partial charge in [-0.1, -0.05) is 0 Å². The lowest BCUT2D eigenvalue weighted by Crippen LogP contribution is -2.32. The van der Waals surface area contributed by atoms with Crippen molar-refractivity contribution in [2.24, 2.45) is 34.4 Å². The van der Waals surface area contributed by atoms with Crippen LogP contribution >= 0.6 is 45.6 Å². The van der Waals surface area contributed by atoms with E-state index in [4.69, 9.17) is 93.1 Å². The molecule has 0 spiro atoms. The van der Waals surface area contributed by atoms with Gasteiger partial charge in [0.2, 0.25) is 0 Å². The summed E-state index contributed by atoms with van der Waals surface area (Å²) in [7, 11) is -26.2. The molecule has 0 saturated heterocycles. The molecule has 6 aromatic heterocycles. The maximum Gasteiger partial charge on any atom is 0.376 e. The molecule has 528 valence electrons. The lowest BCUT2D eigenvalue weighted by Gasteiger charge is -2.09. The van der Waals surface area contributed by atoms with Gasteiger partial charge in [0.1, 0.15) is 40.5 Å². The van der Waals surface area contributed by atoms with Crippen molar-refractivity contribution in [1.82, 2.24) is 55.3 Å². The first-order valence-corrected chi connectivity index (χ1v) is 36.4. The van der Waals surface area contributed by atoms with Crippen molar-refractivity contribution in [3.8, 4) is 0 Å². The van der Waals surface area contributed by atoms with E-state index in [1.54, 1.807) is 0 Å². The van der Waals surface area contributed by atoms with Crippen molar-refractivity contribution in [2.75, 3.05) is 0 Å². The minimum Gasteiger partial charge on any atom is -0.321 e. The first-order chi connectivity index (χ1) is 43.8. The van der Waals surface area contributed by atoms with E-state index in [-0.39, 0.29) is 118 Å². The lowest BCUT2D eigenvalue weighted by molar-refractivity contribution is -0.119. The maximum absolute atomic E-state index is 11.0. The Kier molecular flexibility index (Phi) is 35.4. The molecule has 0 aliphatic rings. The van der Waals surface area contributed by atoms with Gasteiger partial charge in [-0.05, 0) is 83.9 Å². The predicted octanol–water partition coefficient (Wildman–Crippen LogP) is -6.96. The summed E-state index contributed by atoms with van der Waals surface area (Å²) in [6.07, 6.45) is 9.88. The van der Waals surface area contributed by atoms with Crippen molar-refractivity contribution in [3.63, 3.8) is 0 Å². The molecule has 0 aliphatic heterocycles. The van der Waals surface area contributed by atoms with E-state index in [0.29, 0.717) is 11.3 Å². The second kappa shape index (κ2) is 39.0. The van der Waals surface area contributed by atoms with Gasteiger partial charge in [0.25, 0.3) is 0 Å². The quantitative estimate of drug-likeness (QED) is 0.0250. The number of pyridine rings is 2. The van der Waals surface area contributed by atoms with Crippen molar-refractivity contribution in [3.05, 3.63) is 114 Å². The molecule has 6 aromatic rings. The fourth-order valence-electron chi connectivity index (χ4n) is 6.19. The highest BCUT2D eigenvalue weighted by Gasteiger charge is 2.26. The number of aromatic nitrogens is 11. The van der Waals surface area contributed by atoms with Crippen LogP contribution in [0.3, 0.4) is 0 Å². The number of hydrogen-bond donors (Lipinski definition) is 18. The highest BCUT2D eigenvalue weighted by molar-refractivity contribution is 7.61. The molecule has 96 heavy (non-hydrogen) atoms. The summed E-state index contributed by atoms with van der Waals surface area (Å²) >= 11 is 0. The molecule has 41 nitrogen and oxygen atoms in total. The molecule has 0 saturated carbocycles. The van der Waals surface area contributed by atoms with Crippen LogP contribution in [0, 0.1) is 0 Å². The van der Waals surface area contributed by atoms with E-state index < -0.39 is 92.7 Å². The monoisotopic (exact) mass is 1470 g/mol. The third-order valence-electron chi connectivity index (χ3n) is 11.8. The van der Waals surface area contributed by atoms with Gasteiger partial charge < -0.3 is 93.1 Å². The number of carbonyl (C=O) groups excluding carboxylic acids is 6. The molecule has 6 heterocycles. The summed E-state index contributed by atoms with van der Waals surface area (Å²) in [5.74, 6) is -1.13. The average Bonchev–Trinajstić information content (AvgIpc) is 3.10. The summed E-state index contributed by atoms with van der Waals surface area (Å²) in [4.78, 5) is 198. The van der Waals surface area contributed by atoms with Crippen LogP contribution in [0.15, 0.2) is 79.9 Å². The van der Waals surface area contributed by atoms with E-state index in [2.05, 4.69) is 55.3 Å². The molecule has 24 N–H and O–H groups in total. The van der Waals surface area contributed by atoms with Gasteiger partial charge in [-0.15, -0.1) is 5.10 Å². The number of nitrogens with two attached hydrogens (primary N) is 6. The second-order valence-corrected chi connectivity index (χ2v) is 29.6. The number of carbonyl (C=O) groups is 6. The molecule has 0 fully saturated rings. The Balaban J connectivity index is 0.000000576. The Hall–Kier alpha value is -6.77. The molecule has 6 rings (SSSR count). The highest BCUT2D eigenvalue weighted by atomic mass is 31.2. The third-order valence-corrected chi connectivity index (χ3v) is 17.1. The van der Waals surface area contributed by atoms with Crippen LogP contribution in [-0.4, -0.2) is 185 Å². The topological polar surface area (TPSA) is 746 Å². The molecular formula is C49H73N17O24P6. The van der Waals surface area contributed by atoms with Crippen LogP contribution in [0.5, 0.6) is 0 Å². The summed E-state index contributed by atoms with van der Waals surface area (Å²) in [5.41, 5.74) is 33.2.